The van der Waals surface area contributed by atoms with Gasteiger partial charge >= 0.3 is 5.97 Å². The number of hydrogen-bond donors (Lipinski definition) is 1. The molecule has 2 aliphatic rings. The van der Waals surface area contributed by atoms with Crippen molar-refractivity contribution in [3.8, 4) is 0 Å². The average molecular weight is 520 g/mol. The van der Waals surface area contributed by atoms with Crippen molar-refractivity contribution in [3.05, 3.63) is 70.4 Å². The molecule has 0 radical (unpaired) electrons. The number of sulfonamides is 1. The largest absolute Gasteiger partial charge is 0.459 e. The number of aliphatic imine (C=N–C) groups is 1. The summed E-state index contributed by atoms with van der Waals surface area (Å²) in [5.41, 5.74) is 2.26. The van der Waals surface area contributed by atoms with Crippen LogP contribution in [-0.4, -0.2) is 42.9 Å². The molecule has 7 nitrogen and oxygen atoms in total. The third-order valence-electron chi connectivity index (χ3n) is 5.40. The SMILES string of the molecule is CC1=C(C(=O)OC(C)C)C(c2cccc(NS(=O)(=O)c3ccc(Cl)cc3)c2)N2CCCSC2=N1. The molecule has 0 spiro atoms. The molecule has 0 saturated carbocycles. The van der Waals surface area contributed by atoms with Gasteiger partial charge in [0.15, 0.2) is 5.17 Å². The minimum atomic E-state index is -3.81. The summed E-state index contributed by atoms with van der Waals surface area (Å²) in [6, 6.07) is 12.7. The van der Waals surface area contributed by atoms with Crippen LogP contribution < -0.4 is 4.72 Å². The summed E-state index contributed by atoms with van der Waals surface area (Å²) in [6.07, 6.45) is 0.682. The Morgan fingerprint density at radius 2 is 1.97 bits per heavy atom. The number of carbonyl (C=O) groups is 1. The summed E-state index contributed by atoms with van der Waals surface area (Å²) in [6.45, 7) is 6.17. The van der Waals surface area contributed by atoms with E-state index in [4.69, 9.17) is 16.3 Å². The van der Waals surface area contributed by atoms with Crippen LogP contribution in [0.25, 0.3) is 0 Å². The van der Waals surface area contributed by atoms with Gasteiger partial charge < -0.3 is 9.64 Å². The van der Waals surface area contributed by atoms with Gasteiger partial charge in [-0.15, -0.1) is 0 Å². The summed E-state index contributed by atoms with van der Waals surface area (Å²) < 4.78 is 34.0. The molecule has 2 aliphatic heterocycles. The minimum Gasteiger partial charge on any atom is -0.459 e. The number of halogens is 1. The molecule has 0 bridgehead atoms. The normalized spacial score (nSPS) is 18.4. The molecule has 1 unspecified atom stereocenters. The Hall–Kier alpha value is -2.49. The van der Waals surface area contributed by atoms with Gasteiger partial charge in [0.2, 0.25) is 0 Å². The smallest absolute Gasteiger partial charge is 0.338 e. The molecule has 2 heterocycles. The van der Waals surface area contributed by atoms with Crippen molar-refractivity contribution in [2.24, 2.45) is 4.99 Å². The van der Waals surface area contributed by atoms with Gasteiger partial charge in [-0.2, -0.15) is 0 Å². The Bertz CT molecular complexity index is 1260. The number of nitrogens with zero attached hydrogens (tertiary/aromatic N) is 2. The Morgan fingerprint density at radius 3 is 2.68 bits per heavy atom. The van der Waals surface area contributed by atoms with Crippen molar-refractivity contribution < 1.29 is 17.9 Å². The van der Waals surface area contributed by atoms with Gasteiger partial charge in [-0.1, -0.05) is 35.5 Å². The number of amidine groups is 1. The number of fused-ring (bicyclic) bond motifs is 1. The molecule has 1 saturated heterocycles. The first-order chi connectivity index (χ1) is 16.2. The second-order valence-corrected chi connectivity index (χ2v) is 11.5. The Balaban J connectivity index is 1.71. The zero-order valence-corrected chi connectivity index (χ0v) is 21.5. The van der Waals surface area contributed by atoms with E-state index in [-0.39, 0.29) is 11.0 Å². The highest BCUT2D eigenvalue weighted by Crippen LogP contribution is 2.40. The van der Waals surface area contributed by atoms with Crippen molar-refractivity contribution in [2.75, 3.05) is 17.0 Å². The fourth-order valence-electron chi connectivity index (χ4n) is 3.95. The maximum absolute atomic E-state index is 13.1. The summed E-state index contributed by atoms with van der Waals surface area (Å²) in [5.74, 6) is 0.546. The first-order valence-corrected chi connectivity index (χ1v) is 13.8. The molecule has 1 atom stereocenters. The number of thioether (sulfide) groups is 1. The van der Waals surface area contributed by atoms with Gasteiger partial charge in [0.1, 0.15) is 0 Å². The van der Waals surface area contributed by atoms with E-state index in [1.807, 2.05) is 26.8 Å². The predicted octanol–water partition coefficient (Wildman–Crippen LogP) is 5.22. The second kappa shape index (κ2) is 10.0. The number of benzene rings is 2. The van der Waals surface area contributed by atoms with E-state index in [1.165, 1.54) is 24.3 Å². The van der Waals surface area contributed by atoms with Crippen molar-refractivity contribution in [3.63, 3.8) is 0 Å². The van der Waals surface area contributed by atoms with Gasteiger partial charge in [0.05, 0.1) is 28.3 Å². The van der Waals surface area contributed by atoms with Crippen LogP contribution in [-0.2, 0) is 19.6 Å². The van der Waals surface area contributed by atoms with E-state index < -0.39 is 22.0 Å². The Labute approximate surface area is 209 Å². The second-order valence-electron chi connectivity index (χ2n) is 8.33. The first kappa shape index (κ1) is 24.6. The lowest BCUT2D eigenvalue weighted by Crippen LogP contribution is -2.42. The van der Waals surface area contributed by atoms with Gasteiger partial charge in [-0.25, -0.2) is 18.2 Å². The van der Waals surface area contributed by atoms with E-state index in [0.717, 1.165) is 29.4 Å². The number of anilines is 1. The van der Waals surface area contributed by atoms with Gasteiger partial charge in [-0.05, 0) is 69.2 Å². The highest BCUT2D eigenvalue weighted by atomic mass is 35.5. The fourth-order valence-corrected chi connectivity index (χ4v) is 6.15. The van der Waals surface area contributed by atoms with Gasteiger partial charge in [-0.3, -0.25) is 4.72 Å². The Morgan fingerprint density at radius 1 is 1.24 bits per heavy atom. The molecule has 0 aromatic heterocycles. The van der Waals surface area contributed by atoms with Crippen LogP contribution in [0.15, 0.2) is 69.7 Å². The van der Waals surface area contributed by atoms with Crippen LogP contribution in [0.2, 0.25) is 5.02 Å². The number of esters is 1. The van der Waals surface area contributed by atoms with Crippen LogP contribution in [0.1, 0.15) is 38.8 Å². The minimum absolute atomic E-state index is 0.110. The molecule has 180 valence electrons. The van der Waals surface area contributed by atoms with E-state index in [2.05, 4.69) is 14.6 Å². The third-order valence-corrected chi connectivity index (χ3v) is 8.13. The molecule has 2 aromatic rings. The summed E-state index contributed by atoms with van der Waals surface area (Å²) >= 11 is 7.55. The van der Waals surface area contributed by atoms with Crippen LogP contribution >= 0.6 is 23.4 Å². The maximum atomic E-state index is 13.1. The zero-order chi connectivity index (χ0) is 24.5. The highest BCUT2D eigenvalue weighted by Gasteiger charge is 2.38. The summed E-state index contributed by atoms with van der Waals surface area (Å²) in [5, 5.41) is 1.32. The quantitative estimate of drug-likeness (QED) is 0.527. The van der Waals surface area contributed by atoms with Crippen LogP contribution in [0.3, 0.4) is 0 Å². The number of nitrogens with one attached hydrogen (secondary N) is 1. The summed E-state index contributed by atoms with van der Waals surface area (Å²) in [4.78, 5) is 20.0. The molecule has 1 fully saturated rings. The molecule has 2 aromatic carbocycles. The Kier molecular flexibility index (Phi) is 7.25. The number of ether oxygens (including phenoxy) is 1. The maximum Gasteiger partial charge on any atom is 0.338 e. The van der Waals surface area contributed by atoms with Gasteiger partial charge in [0, 0.05) is 23.0 Å². The first-order valence-electron chi connectivity index (χ1n) is 10.9. The van der Waals surface area contributed by atoms with E-state index in [1.54, 1.807) is 30.0 Å². The molecule has 0 aliphatic carbocycles. The van der Waals surface area contributed by atoms with Crippen LogP contribution in [0.5, 0.6) is 0 Å². The van der Waals surface area contributed by atoms with E-state index in [0.29, 0.717) is 22.0 Å². The standard InChI is InChI=1S/C24H26ClN3O4S2/c1-15(2)32-23(29)21-16(3)26-24-28(12-5-13-33-24)22(21)17-6-4-7-19(14-17)27-34(30,31)20-10-8-18(25)9-11-20/h4,6-11,14-15,22,27H,5,12-13H2,1-3H3. The molecule has 34 heavy (non-hydrogen) atoms. The van der Waals surface area contributed by atoms with Crippen LogP contribution in [0, 0.1) is 0 Å². The predicted molar refractivity (Wildman–Crippen MR) is 137 cm³/mol. The third kappa shape index (κ3) is 5.26. The average Bonchev–Trinajstić information content (AvgIpc) is 2.77. The fraction of sp³-hybridized carbons (Fsp3) is 0.333. The van der Waals surface area contributed by atoms with E-state index >= 15 is 0 Å². The molecule has 4 rings (SSSR count). The highest BCUT2D eigenvalue weighted by molar-refractivity contribution is 8.13. The molecular formula is C24H26ClN3O4S2. The topological polar surface area (TPSA) is 88.1 Å². The molecule has 1 N–H and O–H groups in total. The van der Waals surface area contributed by atoms with Gasteiger partial charge in [0.25, 0.3) is 10.0 Å². The number of hydrogen-bond acceptors (Lipinski definition) is 7. The lowest BCUT2D eigenvalue weighted by atomic mass is 9.94. The van der Waals surface area contributed by atoms with E-state index in [9.17, 15) is 13.2 Å². The summed E-state index contributed by atoms with van der Waals surface area (Å²) in [7, 11) is -3.81. The monoisotopic (exact) mass is 519 g/mol. The van der Waals surface area contributed by atoms with Crippen molar-refractivity contribution in [1.29, 1.82) is 0 Å². The number of carbonyl (C=O) groups excluding carboxylic acids is 1. The lowest BCUT2D eigenvalue weighted by Gasteiger charge is -2.40. The molecular weight excluding hydrogens is 494 g/mol. The number of allylic oxidation sites excluding steroid dienone is 1. The van der Waals surface area contributed by atoms with Crippen molar-refractivity contribution in [1.82, 2.24) is 4.90 Å². The molecule has 10 heteroatoms. The number of rotatable bonds is 6. The van der Waals surface area contributed by atoms with Crippen LogP contribution in [0.4, 0.5) is 5.69 Å². The zero-order valence-electron chi connectivity index (χ0n) is 19.1. The molecule has 0 amide bonds. The lowest BCUT2D eigenvalue weighted by molar-refractivity contribution is -0.143. The van der Waals surface area contributed by atoms with Crippen molar-refractivity contribution in [2.45, 2.75) is 44.2 Å². The van der Waals surface area contributed by atoms with Crippen molar-refractivity contribution >= 4 is 50.2 Å².